The van der Waals surface area contributed by atoms with E-state index in [-0.39, 0.29) is 18.0 Å². The number of halogens is 2. The fourth-order valence-corrected chi connectivity index (χ4v) is 2.26. The number of ether oxygens (including phenoxy) is 1. The van der Waals surface area contributed by atoms with Crippen molar-refractivity contribution in [1.29, 1.82) is 0 Å². The Kier molecular flexibility index (Phi) is 5.15. The molecule has 0 aliphatic heterocycles. The lowest BCUT2D eigenvalue weighted by Gasteiger charge is -2.15. The van der Waals surface area contributed by atoms with Crippen molar-refractivity contribution in [3.63, 3.8) is 0 Å². The molecule has 0 radical (unpaired) electrons. The van der Waals surface area contributed by atoms with Crippen molar-refractivity contribution in [1.82, 2.24) is 4.98 Å². The average Bonchev–Trinajstić information content (AvgIpc) is 2.41. The summed E-state index contributed by atoms with van der Waals surface area (Å²) < 4.78 is 18.6. The topological polar surface area (TPSA) is 48.1 Å². The molecule has 0 aliphatic rings. The van der Waals surface area contributed by atoms with Gasteiger partial charge in [0.15, 0.2) is 0 Å². The van der Waals surface area contributed by atoms with Crippen LogP contribution in [0, 0.1) is 5.82 Å². The smallest absolute Gasteiger partial charge is 0.138 e. The first-order valence-corrected chi connectivity index (χ1v) is 7.14. The van der Waals surface area contributed by atoms with Crippen molar-refractivity contribution in [2.75, 3.05) is 0 Å². The predicted molar refractivity (Wildman–Crippen MR) is 82.0 cm³/mol. The van der Waals surface area contributed by atoms with E-state index in [1.54, 1.807) is 18.5 Å². The third-order valence-electron chi connectivity index (χ3n) is 2.99. The van der Waals surface area contributed by atoms with Crippen molar-refractivity contribution >= 4 is 11.6 Å². The molecule has 0 aliphatic carbocycles. The number of hydrogen-bond acceptors (Lipinski definition) is 3. The number of benzene rings is 1. The number of nitrogens with zero attached hydrogens (tertiary/aromatic N) is 1. The van der Waals surface area contributed by atoms with E-state index in [0.717, 1.165) is 11.1 Å². The van der Waals surface area contributed by atoms with Gasteiger partial charge in [0.1, 0.15) is 11.6 Å². The SMILES string of the molecule is CC(C)Oc1cncc(C(N)Cc2ccc(F)cc2Cl)c1. The first-order chi connectivity index (χ1) is 9.95. The second-order valence-electron chi connectivity index (χ2n) is 5.17. The Labute approximate surface area is 128 Å². The lowest BCUT2D eigenvalue weighted by atomic mass is 10.0. The highest BCUT2D eigenvalue weighted by atomic mass is 35.5. The quantitative estimate of drug-likeness (QED) is 0.911. The van der Waals surface area contributed by atoms with Gasteiger partial charge in [-0.05, 0) is 49.6 Å². The number of rotatable bonds is 5. The van der Waals surface area contributed by atoms with Crippen LogP contribution >= 0.6 is 11.6 Å². The van der Waals surface area contributed by atoms with Gasteiger partial charge >= 0.3 is 0 Å². The summed E-state index contributed by atoms with van der Waals surface area (Å²) in [5.41, 5.74) is 7.85. The molecule has 1 heterocycles. The van der Waals surface area contributed by atoms with Crippen molar-refractivity contribution < 1.29 is 9.13 Å². The molecule has 2 aromatic rings. The molecule has 2 N–H and O–H groups in total. The zero-order valence-corrected chi connectivity index (χ0v) is 12.8. The van der Waals surface area contributed by atoms with E-state index in [9.17, 15) is 4.39 Å². The molecule has 0 amide bonds. The minimum Gasteiger partial charge on any atom is -0.489 e. The molecule has 1 aromatic carbocycles. The number of nitrogens with two attached hydrogens (primary N) is 1. The molecule has 2 rings (SSSR count). The van der Waals surface area contributed by atoms with Crippen LogP contribution in [0.5, 0.6) is 5.75 Å². The van der Waals surface area contributed by atoms with Crippen LogP contribution in [0.1, 0.15) is 31.0 Å². The minimum absolute atomic E-state index is 0.0739. The van der Waals surface area contributed by atoms with Gasteiger partial charge in [-0.2, -0.15) is 0 Å². The molecular weight excluding hydrogens is 291 g/mol. The standard InChI is InChI=1S/C16H18ClFN2O/c1-10(2)21-14-5-12(8-20-9-14)16(19)6-11-3-4-13(18)7-15(11)17/h3-5,7-10,16H,6,19H2,1-2H3. The van der Waals surface area contributed by atoms with Crippen molar-refractivity contribution in [2.45, 2.75) is 32.4 Å². The van der Waals surface area contributed by atoms with E-state index in [0.29, 0.717) is 17.2 Å². The first-order valence-electron chi connectivity index (χ1n) is 6.77. The van der Waals surface area contributed by atoms with Gasteiger partial charge < -0.3 is 10.5 Å². The summed E-state index contributed by atoms with van der Waals surface area (Å²) in [6.45, 7) is 3.90. The summed E-state index contributed by atoms with van der Waals surface area (Å²) in [7, 11) is 0. The molecule has 3 nitrogen and oxygen atoms in total. The molecule has 5 heteroatoms. The summed E-state index contributed by atoms with van der Waals surface area (Å²) in [5.74, 6) is 0.328. The molecule has 1 atom stereocenters. The summed E-state index contributed by atoms with van der Waals surface area (Å²) >= 11 is 6.03. The predicted octanol–water partition coefficient (Wildman–Crippen LogP) is 3.90. The van der Waals surface area contributed by atoms with Crippen LogP contribution in [-0.4, -0.2) is 11.1 Å². The largest absolute Gasteiger partial charge is 0.489 e. The number of aromatic nitrogens is 1. The van der Waals surface area contributed by atoms with Crippen molar-refractivity contribution in [3.8, 4) is 5.75 Å². The lowest BCUT2D eigenvalue weighted by molar-refractivity contribution is 0.241. The molecule has 0 spiro atoms. The van der Waals surface area contributed by atoms with Gasteiger partial charge in [0, 0.05) is 17.3 Å². The van der Waals surface area contributed by atoms with E-state index in [1.807, 2.05) is 19.9 Å². The monoisotopic (exact) mass is 308 g/mol. The van der Waals surface area contributed by atoms with Crippen LogP contribution in [0.3, 0.4) is 0 Å². The van der Waals surface area contributed by atoms with Crippen molar-refractivity contribution in [2.24, 2.45) is 5.73 Å². The second-order valence-corrected chi connectivity index (χ2v) is 5.57. The Morgan fingerprint density at radius 3 is 2.71 bits per heavy atom. The minimum atomic E-state index is -0.355. The first kappa shape index (κ1) is 15.7. The number of hydrogen-bond donors (Lipinski definition) is 1. The fraction of sp³-hybridized carbons (Fsp3) is 0.312. The molecule has 112 valence electrons. The van der Waals surface area contributed by atoms with Gasteiger partial charge in [-0.3, -0.25) is 4.98 Å². The zero-order chi connectivity index (χ0) is 15.4. The lowest BCUT2D eigenvalue weighted by Crippen LogP contribution is -2.14. The fourth-order valence-electron chi connectivity index (χ4n) is 2.02. The van der Waals surface area contributed by atoms with Crippen LogP contribution in [-0.2, 0) is 6.42 Å². The van der Waals surface area contributed by atoms with E-state index in [2.05, 4.69) is 4.98 Å². The summed E-state index contributed by atoms with van der Waals surface area (Å²) in [6, 6.07) is 5.91. The maximum Gasteiger partial charge on any atom is 0.138 e. The third-order valence-corrected chi connectivity index (χ3v) is 3.34. The highest BCUT2D eigenvalue weighted by molar-refractivity contribution is 6.31. The maximum atomic E-state index is 13.0. The molecule has 0 saturated carbocycles. The molecule has 0 fully saturated rings. The van der Waals surface area contributed by atoms with Gasteiger partial charge in [-0.15, -0.1) is 0 Å². The Hall–Kier alpha value is -1.65. The molecule has 1 aromatic heterocycles. The van der Waals surface area contributed by atoms with Gasteiger partial charge in [0.2, 0.25) is 0 Å². The van der Waals surface area contributed by atoms with Crippen LogP contribution in [0.15, 0.2) is 36.7 Å². The van der Waals surface area contributed by atoms with E-state index >= 15 is 0 Å². The Bertz CT molecular complexity index is 619. The molecule has 0 saturated heterocycles. The van der Waals surface area contributed by atoms with Crippen molar-refractivity contribution in [3.05, 3.63) is 58.6 Å². The van der Waals surface area contributed by atoms with E-state index < -0.39 is 0 Å². The van der Waals surface area contributed by atoms with Crippen LogP contribution in [0.25, 0.3) is 0 Å². The van der Waals surface area contributed by atoms with Crippen LogP contribution in [0.4, 0.5) is 4.39 Å². The number of pyridine rings is 1. The van der Waals surface area contributed by atoms with E-state index in [4.69, 9.17) is 22.1 Å². The molecule has 21 heavy (non-hydrogen) atoms. The molecule has 0 bridgehead atoms. The van der Waals surface area contributed by atoms with Crippen LogP contribution in [0.2, 0.25) is 5.02 Å². The van der Waals surface area contributed by atoms with Gasteiger partial charge in [0.05, 0.1) is 12.3 Å². The van der Waals surface area contributed by atoms with Gasteiger partial charge in [-0.1, -0.05) is 17.7 Å². The average molecular weight is 309 g/mol. The van der Waals surface area contributed by atoms with Crippen LogP contribution < -0.4 is 10.5 Å². The summed E-state index contributed by atoms with van der Waals surface area (Å²) in [5, 5.41) is 0.382. The third kappa shape index (κ3) is 4.41. The highest BCUT2D eigenvalue weighted by Gasteiger charge is 2.12. The van der Waals surface area contributed by atoms with E-state index in [1.165, 1.54) is 12.1 Å². The second kappa shape index (κ2) is 6.87. The zero-order valence-electron chi connectivity index (χ0n) is 12.0. The normalized spacial score (nSPS) is 12.5. The Balaban J connectivity index is 2.14. The molecular formula is C16H18ClFN2O. The Morgan fingerprint density at radius 2 is 2.05 bits per heavy atom. The summed E-state index contributed by atoms with van der Waals surface area (Å²) in [4.78, 5) is 4.14. The highest BCUT2D eigenvalue weighted by Crippen LogP contribution is 2.24. The van der Waals surface area contributed by atoms with Gasteiger partial charge in [0.25, 0.3) is 0 Å². The van der Waals surface area contributed by atoms with Gasteiger partial charge in [-0.25, -0.2) is 4.39 Å². The maximum absolute atomic E-state index is 13.0. The summed E-state index contributed by atoms with van der Waals surface area (Å²) in [6.07, 6.45) is 3.94. The molecule has 1 unspecified atom stereocenters. The Morgan fingerprint density at radius 1 is 1.29 bits per heavy atom.